The minimum atomic E-state index is 0.153. The second kappa shape index (κ2) is 5.05. The first-order valence-corrected chi connectivity index (χ1v) is 5.60. The molecule has 0 bridgehead atoms. The molecule has 0 amide bonds. The Labute approximate surface area is 88.7 Å². The quantitative estimate of drug-likeness (QED) is 0.714. The maximum Gasteiger partial charge on any atom is 0.134 e. The van der Waals surface area contributed by atoms with Gasteiger partial charge in [-0.15, -0.1) is 11.8 Å². The molecule has 76 valence electrons. The number of thioether (sulfide) groups is 1. The zero-order valence-corrected chi connectivity index (χ0v) is 9.48. The van der Waals surface area contributed by atoms with E-state index >= 15 is 0 Å². The van der Waals surface area contributed by atoms with Gasteiger partial charge in [-0.05, 0) is 25.3 Å². The van der Waals surface area contributed by atoms with Crippen molar-refractivity contribution in [1.82, 2.24) is 0 Å². The number of benzene rings is 1. The van der Waals surface area contributed by atoms with Crippen LogP contribution in [0.1, 0.15) is 12.5 Å². The summed E-state index contributed by atoms with van der Waals surface area (Å²) in [6.07, 6.45) is 2.46. The second-order valence-corrected chi connectivity index (χ2v) is 3.94. The number of ether oxygens (including phenoxy) is 1. The van der Waals surface area contributed by atoms with E-state index in [1.54, 1.807) is 25.8 Å². The van der Waals surface area contributed by atoms with Crippen LogP contribution in [-0.4, -0.2) is 19.1 Å². The van der Waals surface area contributed by atoms with Gasteiger partial charge in [-0.3, -0.25) is 4.79 Å². The lowest BCUT2D eigenvalue weighted by atomic mass is 10.1. The summed E-state index contributed by atoms with van der Waals surface area (Å²) in [4.78, 5) is 12.1. The SMILES string of the molecule is COc1cc(SC)ccc1CC(C)=O. The molecule has 0 aliphatic heterocycles. The Hall–Kier alpha value is -0.960. The molecule has 0 spiro atoms. The first kappa shape index (κ1) is 11.1. The van der Waals surface area contributed by atoms with Gasteiger partial charge < -0.3 is 4.74 Å². The Morgan fingerprint density at radius 3 is 2.71 bits per heavy atom. The predicted octanol–water partition coefficient (Wildman–Crippen LogP) is 2.55. The minimum absolute atomic E-state index is 0.153. The van der Waals surface area contributed by atoms with E-state index in [2.05, 4.69) is 0 Å². The third kappa shape index (κ3) is 2.77. The highest BCUT2D eigenvalue weighted by Crippen LogP contribution is 2.25. The van der Waals surface area contributed by atoms with Crippen molar-refractivity contribution in [2.75, 3.05) is 13.4 Å². The van der Waals surface area contributed by atoms with E-state index in [0.29, 0.717) is 6.42 Å². The van der Waals surface area contributed by atoms with Crippen molar-refractivity contribution < 1.29 is 9.53 Å². The molecular formula is C11H14O2S. The van der Waals surface area contributed by atoms with Crippen molar-refractivity contribution in [3.05, 3.63) is 23.8 Å². The van der Waals surface area contributed by atoms with E-state index in [0.717, 1.165) is 16.2 Å². The van der Waals surface area contributed by atoms with Crippen LogP contribution < -0.4 is 4.74 Å². The number of hydrogen-bond acceptors (Lipinski definition) is 3. The maximum atomic E-state index is 11.0. The molecular weight excluding hydrogens is 196 g/mol. The molecule has 1 aromatic carbocycles. The standard InChI is InChI=1S/C11H14O2S/c1-8(12)6-9-4-5-10(14-3)7-11(9)13-2/h4-5,7H,6H2,1-3H3. The van der Waals surface area contributed by atoms with Crippen molar-refractivity contribution >= 4 is 17.5 Å². The fourth-order valence-corrected chi connectivity index (χ4v) is 1.70. The number of methoxy groups -OCH3 is 1. The fourth-order valence-electron chi connectivity index (χ4n) is 1.27. The average Bonchev–Trinajstić information content (AvgIpc) is 2.17. The molecule has 0 saturated carbocycles. The normalized spacial score (nSPS) is 9.93. The highest BCUT2D eigenvalue weighted by atomic mass is 32.2. The number of carbonyl (C=O) groups is 1. The molecule has 1 aromatic rings. The monoisotopic (exact) mass is 210 g/mol. The van der Waals surface area contributed by atoms with Gasteiger partial charge in [0.25, 0.3) is 0 Å². The van der Waals surface area contributed by atoms with Crippen LogP contribution in [0.15, 0.2) is 23.1 Å². The Morgan fingerprint density at radius 1 is 1.50 bits per heavy atom. The van der Waals surface area contributed by atoms with Crippen molar-refractivity contribution in [3.8, 4) is 5.75 Å². The van der Waals surface area contributed by atoms with E-state index in [-0.39, 0.29) is 5.78 Å². The number of Topliss-reactive ketones (excluding diaryl/α,β-unsaturated/α-hetero) is 1. The van der Waals surface area contributed by atoms with E-state index in [4.69, 9.17) is 4.74 Å². The lowest BCUT2D eigenvalue weighted by Crippen LogP contribution is -1.99. The fraction of sp³-hybridized carbons (Fsp3) is 0.364. The molecule has 14 heavy (non-hydrogen) atoms. The van der Waals surface area contributed by atoms with Gasteiger partial charge in [-0.1, -0.05) is 6.07 Å². The molecule has 0 aliphatic rings. The molecule has 0 saturated heterocycles. The molecule has 0 unspecified atom stereocenters. The summed E-state index contributed by atoms with van der Waals surface area (Å²) in [6.45, 7) is 1.59. The number of rotatable bonds is 4. The summed E-state index contributed by atoms with van der Waals surface area (Å²) in [5.74, 6) is 0.951. The van der Waals surface area contributed by atoms with E-state index in [1.807, 2.05) is 24.5 Å². The van der Waals surface area contributed by atoms with Gasteiger partial charge in [0.2, 0.25) is 0 Å². The molecule has 1 rings (SSSR count). The summed E-state index contributed by atoms with van der Waals surface area (Å²) in [6, 6.07) is 5.92. The van der Waals surface area contributed by atoms with Crippen LogP contribution in [0.25, 0.3) is 0 Å². The van der Waals surface area contributed by atoms with E-state index in [9.17, 15) is 4.79 Å². The number of hydrogen-bond donors (Lipinski definition) is 0. The van der Waals surface area contributed by atoms with Crippen molar-refractivity contribution in [3.63, 3.8) is 0 Å². The highest BCUT2D eigenvalue weighted by molar-refractivity contribution is 7.98. The van der Waals surface area contributed by atoms with Gasteiger partial charge in [0.05, 0.1) is 7.11 Å². The van der Waals surface area contributed by atoms with Crippen molar-refractivity contribution in [2.45, 2.75) is 18.2 Å². The Morgan fingerprint density at radius 2 is 2.21 bits per heavy atom. The van der Waals surface area contributed by atoms with Gasteiger partial charge in [0, 0.05) is 16.9 Å². The van der Waals surface area contributed by atoms with E-state index in [1.165, 1.54) is 0 Å². The van der Waals surface area contributed by atoms with Gasteiger partial charge >= 0.3 is 0 Å². The first-order chi connectivity index (χ1) is 6.67. The summed E-state index contributed by atoms with van der Waals surface area (Å²) < 4.78 is 5.22. The second-order valence-electron chi connectivity index (χ2n) is 3.06. The van der Waals surface area contributed by atoms with Crippen LogP contribution >= 0.6 is 11.8 Å². The molecule has 0 aromatic heterocycles. The Bertz CT molecular complexity index is 334. The number of ketones is 1. The van der Waals surface area contributed by atoms with Crippen molar-refractivity contribution in [1.29, 1.82) is 0 Å². The lowest BCUT2D eigenvalue weighted by Gasteiger charge is -2.08. The molecule has 0 N–H and O–H groups in total. The van der Waals surface area contributed by atoms with Crippen LogP contribution in [0.4, 0.5) is 0 Å². The number of carbonyl (C=O) groups excluding carboxylic acids is 1. The third-order valence-electron chi connectivity index (χ3n) is 1.93. The maximum absolute atomic E-state index is 11.0. The van der Waals surface area contributed by atoms with Crippen molar-refractivity contribution in [2.24, 2.45) is 0 Å². The topological polar surface area (TPSA) is 26.3 Å². The Balaban J connectivity index is 2.98. The van der Waals surface area contributed by atoms with E-state index < -0.39 is 0 Å². The summed E-state index contributed by atoms with van der Waals surface area (Å²) >= 11 is 1.66. The molecule has 3 heteroatoms. The molecule has 0 heterocycles. The minimum Gasteiger partial charge on any atom is -0.496 e. The summed E-state index contributed by atoms with van der Waals surface area (Å²) in [7, 11) is 1.63. The molecule has 0 aliphatic carbocycles. The molecule has 0 atom stereocenters. The van der Waals surface area contributed by atoms with Gasteiger partial charge in [-0.2, -0.15) is 0 Å². The Kier molecular flexibility index (Phi) is 4.01. The molecule has 0 fully saturated rings. The third-order valence-corrected chi connectivity index (χ3v) is 2.66. The van der Waals surface area contributed by atoms with Gasteiger partial charge in [0.15, 0.2) is 0 Å². The predicted molar refractivity (Wildman–Crippen MR) is 59.2 cm³/mol. The zero-order valence-electron chi connectivity index (χ0n) is 8.66. The van der Waals surface area contributed by atoms with Crippen LogP contribution in [-0.2, 0) is 11.2 Å². The lowest BCUT2D eigenvalue weighted by molar-refractivity contribution is -0.116. The van der Waals surface area contributed by atoms with Crippen LogP contribution in [0.3, 0.4) is 0 Å². The average molecular weight is 210 g/mol. The highest BCUT2D eigenvalue weighted by Gasteiger charge is 2.06. The summed E-state index contributed by atoms with van der Waals surface area (Å²) in [5.41, 5.74) is 0.956. The van der Waals surface area contributed by atoms with Crippen LogP contribution in [0.5, 0.6) is 5.75 Å². The van der Waals surface area contributed by atoms with Gasteiger partial charge in [0.1, 0.15) is 11.5 Å². The largest absolute Gasteiger partial charge is 0.496 e. The first-order valence-electron chi connectivity index (χ1n) is 4.37. The zero-order chi connectivity index (χ0) is 10.6. The smallest absolute Gasteiger partial charge is 0.134 e. The van der Waals surface area contributed by atoms with Crippen LogP contribution in [0, 0.1) is 0 Å². The molecule has 0 radical (unpaired) electrons. The molecule has 2 nitrogen and oxygen atoms in total. The van der Waals surface area contributed by atoms with Gasteiger partial charge in [-0.25, -0.2) is 0 Å². The summed E-state index contributed by atoms with van der Waals surface area (Å²) in [5, 5.41) is 0. The van der Waals surface area contributed by atoms with Crippen LogP contribution in [0.2, 0.25) is 0 Å².